The number of furan rings is 2. The first-order valence-electron chi connectivity index (χ1n) is 20.0. The molecule has 0 bridgehead atoms. The van der Waals surface area contributed by atoms with Crippen LogP contribution in [0.2, 0.25) is 0 Å². The molecule has 6 aromatic heterocycles. The van der Waals surface area contributed by atoms with Gasteiger partial charge in [0.05, 0.1) is 44.8 Å². The topological polar surface area (TPSA) is 77.8 Å². The third-order valence-electron chi connectivity index (χ3n) is 11.8. The number of pyridine rings is 4. The molecule has 0 aliphatic heterocycles. The van der Waals surface area contributed by atoms with E-state index in [-0.39, 0.29) is 0 Å². The van der Waals surface area contributed by atoms with Crippen LogP contribution in [0.15, 0.2) is 191 Å². The maximum atomic E-state index is 6.10. The normalized spacial score (nSPS) is 12.0. The minimum absolute atomic E-state index is 0.865. The van der Waals surface area contributed by atoms with Gasteiger partial charge in [0, 0.05) is 65.3 Å². The molecule has 0 unspecified atom stereocenters. The average Bonchev–Trinajstić information content (AvgIpc) is 3.88. The molecule has 0 radical (unpaired) electrons. The van der Waals surface area contributed by atoms with Crippen LogP contribution >= 0.6 is 0 Å². The molecule has 0 amide bonds. The van der Waals surface area contributed by atoms with Crippen molar-refractivity contribution in [3.05, 3.63) is 182 Å². The maximum absolute atomic E-state index is 6.10. The molecule has 0 saturated carbocycles. The first kappa shape index (κ1) is 32.8. The van der Waals surface area contributed by atoms with Crippen molar-refractivity contribution in [2.24, 2.45) is 0 Å². The Morgan fingerprint density at radius 3 is 0.983 bits per heavy atom. The minimum Gasteiger partial charge on any atom is -0.456 e. The van der Waals surface area contributed by atoms with Gasteiger partial charge < -0.3 is 8.83 Å². The van der Waals surface area contributed by atoms with Crippen molar-refractivity contribution in [1.82, 2.24) is 19.9 Å². The predicted octanol–water partition coefficient (Wildman–Crippen LogP) is 14.3. The first-order valence-corrected chi connectivity index (χ1v) is 20.0. The Morgan fingerprint density at radius 1 is 0.250 bits per heavy atom. The molecular weight excluding hydrogens is 737 g/mol. The molecule has 13 aromatic rings. The van der Waals surface area contributed by atoms with Crippen LogP contribution < -0.4 is 0 Å². The summed E-state index contributed by atoms with van der Waals surface area (Å²) >= 11 is 0. The van der Waals surface area contributed by atoms with Crippen molar-refractivity contribution >= 4 is 87.5 Å². The molecule has 13 rings (SSSR count). The van der Waals surface area contributed by atoms with Crippen LogP contribution in [0.4, 0.5) is 0 Å². The van der Waals surface area contributed by atoms with E-state index >= 15 is 0 Å². The number of fused-ring (bicyclic) bond motifs is 12. The fourth-order valence-corrected chi connectivity index (χ4v) is 8.79. The largest absolute Gasteiger partial charge is 0.456 e. The first-order chi connectivity index (χ1) is 29.7. The molecule has 0 fully saturated rings. The summed E-state index contributed by atoms with van der Waals surface area (Å²) in [6, 6.07) is 62.7. The van der Waals surface area contributed by atoms with E-state index in [2.05, 4.69) is 133 Å². The second-order valence-corrected chi connectivity index (χ2v) is 15.4. The van der Waals surface area contributed by atoms with Crippen molar-refractivity contribution in [3.63, 3.8) is 0 Å². The summed E-state index contributed by atoms with van der Waals surface area (Å²) < 4.78 is 12.2. The third-order valence-corrected chi connectivity index (χ3v) is 11.8. The zero-order valence-electron chi connectivity index (χ0n) is 31.9. The van der Waals surface area contributed by atoms with E-state index in [0.29, 0.717) is 0 Å². The molecule has 0 spiro atoms. The number of hydrogen-bond donors (Lipinski definition) is 0. The molecule has 0 atom stereocenters. The monoisotopic (exact) mass is 766 g/mol. The summed E-state index contributed by atoms with van der Waals surface area (Å²) in [6.07, 6.45) is 0. The Balaban J connectivity index is 0.886. The van der Waals surface area contributed by atoms with Crippen molar-refractivity contribution in [2.45, 2.75) is 0 Å². The quantitative estimate of drug-likeness (QED) is 0.166. The lowest BCUT2D eigenvalue weighted by atomic mass is 10.0. The second kappa shape index (κ2) is 12.6. The molecule has 6 heteroatoms. The van der Waals surface area contributed by atoms with Crippen LogP contribution in [0, 0.1) is 0 Å². The van der Waals surface area contributed by atoms with Crippen molar-refractivity contribution in [2.75, 3.05) is 0 Å². The number of hydrogen-bond acceptors (Lipinski definition) is 6. The molecule has 7 aromatic carbocycles. The van der Waals surface area contributed by atoms with Crippen LogP contribution in [-0.2, 0) is 0 Å². The molecule has 278 valence electrons. The fourth-order valence-electron chi connectivity index (χ4n) is 8.79. The smallest absolute Gasteiger partial charge is 0.135 e. The average molecular weight is 767 g/mol. The number of para-hydroxylation sites is 2. The highest BCUT2D eigenvalue weighted by Crippen LogP contribution is 2.36. The summed E-state index contributed by atoms with van der Waals surface area (Å²) in [5.41, 5.74) is 14.6. The van der Waals surface area contributed by atoms with E-state index in [1.54, 1.807) is 0 Å². The molecule has 0 aliphatic rings. The van der Waals surface area contributed by atoms with Crippen molar-refractivity contribution in [1.29, 1.82) is 0 Å². The Labute approximate surface area is 342 Å². The van der Waals surface area contributed by atoms with Crippen LogP contribution in [0.3, 0.4) is 0 Å². The van der Waals surface area contributed by atoms with Crippen molar-refractivity contribution < 1.29 is 8.83 Å². The zero-order chi connectivity index (χ0) is 39.3. The van der Waals surface area contributed by atoms with Gasteiger partial charge in [-0.3, -0.25) is 0 Å². The summed E-state index contributed by atoms with van der Waals surface area (Å²) in [7, 11) is 0. The van der Waals surface area contributed by atoms with Gasteiger partial charge in [-0.2, -0.15) is 0 Å². The molecule has 6 heterocycles. The molecule has 60 heavy (non-hydrogen) atoms. The van der Waals surface area contributed by atoms with Crippen LogP contribution in [0.25, 0.3) is 133 Å². The van der Waals surface area contributed by atoms with E-state index in [9.17, 15) is 0 Å². The summed E-state index contributed by atoms with van der Waals surface area (Å²) in [5, 5.41) is 8.51. The second-order valence-electron chi connectivity index (χ2n) is 15.4. The van der Waals surface area contributed by atoms with E-state index in [1.807, 2.05) is 48.5 Å². The summed E-state index contributed by atoms with van der Waals surface area (Å²) in [6.45, 7) is 0. The predicted molar refractivity (Wildman–Crippen MR) is 244 cm³/mol. The van der Waals surface area contributed by atoms with Gasteiger partial charge in [-0.05, 0) is 78.9 Å². The van der Waals surface area contributed by atoms with Gasteiger partial charge >= 0.3 is 0 Å². The molecular formula is C54H30N4O2. The third kappa shape index (κ3) is 5.14. The van der Waals surface area contributed by atoms with Gasteiger partial charge in [-0.25, -0.2) is 19.9 Å². The lowest BCUT2D eigenvalue weighted by molar-refractivity contribution is 0.668. The number of nitrogens with zero attached hydrogens (tertiary/aromatic N) is 4. The van der Waals surface area contributed by atoms with Crippen molar-refractivity contribution in [3.8, 4) is 45.0 Å². The number of aromatic nitrogens is 4. The van der Waals surface area contributed by atoms with Crippen LogP contribution in [0.5, 0.6) is 0 Å². The van der Waals surface area contributed by atoms with E-state index in [1.165, 1.54) is 0 Å². The van der Waals surface area contributed by atoms with E-state index in [4.69, 9.17) is 28.8 Å². The molecule has 0 aliphatic carbocycles. The van der Waals surface area contributed by atoms with Gasteiger partial charge in [-0.1, -0.05) is 103 Å². The van der Waals surface area contributed by atoms with Gasteiger partial charge in [0.25, 0.3) is 0 Å². The molecule has 0 saturated heterocycles. The van der Waals surface area contributed by atoms with Gasteiger partial charge in [-0.15, -0.1) is 0 Å². The maximum Gasteiger partial charge on any atom is 0.135 e. The minimum atomic E-state index is 0.865. The standard InChI is InChI=1S/C54H30N4O2/c1-3-10-47-39(8-1)41-29-37(20-26-49(41)59-47)45-24-18-33-14-12-31-16-22-43(55-51(31)53(33)57-45)35-6-5-7-36(28-35)44-23-17-32-13-15-34-19-25-46(58-54(34)52(32)56-44)38-21-27-50-42(30-38)40-9-2-4-11-48(40)60-50/h1-30H. The Hall–Kier alpha value is -8.22. The summed E-state index contributed by atoms with van der Waals surface area (Å²) in [4.78, 5) is 21.0. The SMILES string of the molecule is c1cc(-c2ccc3ccc4ccc(-c5ccc6oc7ccccc7c6c5)nc4c3n2)cc(-c2ccc3ccc4ccc(-c5ccc6oc7ccccc7c6c5)nc4c3n2)c1. The van der Waals surface area contributed by atoms with Crippen LogP contribution in [-0.4, -0.2) is 19.9 Å². The number of rotatable bonds is 4. The summed E-state index contributed by atoms with van der Waals surface area (Å²) in [5.74, 6) is 0. The lowest BCUT2D eigenvalue weighted by Crippen LogP contribution is -1.92. The highest BCUT2D eigenvalue weighted by atomic mass is 16.3. The molecule has 6 nitrogen and oxygen atoms in total. The molecule has 0 N–H and O–H groups in total. The lowest BCUT2D eigenvalue weighted by Gasteiger charge is -2.10. The highest BCUT2D eigenvalue weighted by molar-refractivity contribution is 6.09. The zero-order valence-corrected chi connectivity index (χ0v) is 31.9. The van der Waals surface area contributed by atoms with E-state index < -0.39 is 0 Å². The fraction of sp³-hybridized carbons (Fsp3) is 0. The highest BCUT2D eigenvalue weighted by Gasteiger charge is 2.15. The van der Waals surface area contributed by atoms with Gasteiger partial charge in [0.15, 0.2) is 0 Å². The Morgan fingerprint density at radius 2 is 0.583 bits per heavy atom. The number of benzene rings is 7. The van der Waals surface area contributed by atoms with Gasteiger partial charge in [0.2, 0.25) is 0 Å². The van der Waals surface area contributed by atoms with Gasteiger partial charge in [0.1, 0.15) is 22.3 Å². The Bertz CT molecular complexity index is 3670. The Kier molecular flexibility index (Phi) is 6.91. The van der Waals surface area contributed by atoms with Crippen LogP contribution in [0.1, 0.15) is 0 Å². The van der Waals surface area contributed by atoms with E-state index in [0.717, 1.165) is 133 Å².